The average molecular weight is 297 g/mol. The van der Waals surface area contributed by atoms with Crippen LogP contribution in [0.5, 0.6) is 0 Å². The lowest BCUT2D eigenvalue weighted by Crippen LogP contribution is -2.17. The number of benzene rings is 1. The lowest BCUT2D eigenvalue weighted by atomic mass is 10.0. The third-order valence-electron chi connectivity index (χ3n) is 3.68. The van der Waals surface area contributed by atoms with Crippen molar-refractivity contribution in [3.63, 3.8) is 0 Å². The fraction of sp³-hybridized carbons (Fsp3) is 0.294. The molecule has 0 fully saturated rings. The molecule has 1 N–H and O–H groups in total. The molecule has 0 amide bonds. The summed E-state index contributed by atoms with van der Waals surface area (Å²) in [6.45, 7) is 6.45. The van der Waals surface area contributed by atoms with Crippen LogP contribution in [0.25, 0.3) is 10.8 Å². The van der Waals surface area contributed by atoms with E-state index in [-0.39, 0.29) is 6.04 Å². The highest BCUT2D eigenvalue weighted by Crippen LogP contribution is 2.31. The van der Waals surface area contributed by atoms with E-state index in [1.54, 1.807) is 11.3 Å². The second kappa shape index (κ2) is 5.82. The van der Waals surface area contributed by atoms with Crippen molar-refractivity contribution in [3.05, 3.63) is 52.3 Å². The smallest absolute Gasteiger partial charge is 0.157 e. The van der Waals surface area contributed by atoms with E-state index in [1.165, 1.54) is 4.88 Å². The van der Waals surface area contributed by atoms with E-state index in [9.17, 15) is 0 Å². The minimum absolute atomic E-state index is 0.255. The highest BCUT2D eigenvalue weighted by molar-refractivity contribution is 7.10. The van der Waals surface area contributed by atoms with Crippen molar-refractivity contribution in [2.75, 3.05) is 5.32 Å². The molecule has 21 heavy (non-hydrogen) atoms. The Labute approximate surface area is 129 Å². The van der Waals surface area contributed by atoms with Crippen molar-refractivity contribution >= 4 is 27.9 Å². The third-order valence-corrected chi connectivity index (χ3v) is 4.64. The molecule has 0 saturated carbocycles. The minimum atomic E-state index is 0.255. The Hall–Kier alpha value is -1.94. The van der Waals surface area contributed by atoms with Crippen molar-refractivity contribution < 1.29 is 0 Å². The number of fused-ring (bicyclic) bond motifs is 1. The Bertz CT molecular complexity index is 735. The summed E-state index contributed by atoms with van der Waals surface area (Å²) in [6.07, 6.45) is 0. The largest absolute Gasteiger partial charge is 0.360 e. The van der Waals surface area contributed by atoms with Crippen LogP contribution in [-0.2, 0) is 0 Å². The normalized spacial score (nSPS) is 12.8. The number of hydrogen-bond acceptors (Lipinski definition) is 4. The Balaban J connectivity index is 2.03. The van der Waals surface area contributed by atoms with Gasteiger partial charge >= 0.3 is 0 Å². The van der Waals surface area contributed by atoms with Gasteiger partial charge in [0.2, 0.25) is 0 Å². The SMILES string of the molecule is Cc1nnc(NC(c2cccs2)C(C)C)c2ccccc12. The fourth-order valence-electron chi connectivity index (χ4n) is 2.53. The van der Waals surface area contributed by atoms with Gasteiger partial charge in [-0.3, -0.25) is 0 Å². The molecule has 0 aliphatic carbocycles. The zero-order valence-electron chi connectivity index (χ0n) is 12.5. The second-order valence-corrected chi connectivity index (χ2v) is 6.54. The summed E-state index contributed by atoms with van der Waals surface area (Å²) in [6, 6.07) is 12.8. The molecule has 3 rings (SSSR count). The summed E-state index contributed by atoms with van der Waals surface area (Å²) >= 11 is 1.78. The molecule has 0 bridgehead atoms. The van der Waals surface area contributed by atoms with Gasteiger partial charge in [-0.05, 0) is 24.3 Å². The first-order chi connectivity index (χ1) is 10.2. The summed E-state index contributed by atoms with van der Waals surface area (Å²) in [5.74, 6) is 1.34. The standard InChI is InChI=1S/C17H19N3S/c1-11(2)16(15-9-6-10-21-15)18-17-14-8-5-4-7-13(14)12(3)19-20-17/h4-11,16H,1-3H3,(H,18,20). The molecule has 3 aromatic rings. The van der Waals surface area contributed by atoms with Gasteiger partial charge in [-0.1, -0.05) is 44.2 Å². The van der Waals surface area contributed by atoms with Gasteiger partial charge in [0.1, 0.15) is 0 Å². The van der Waals surface area contributed by atoms with Gasteiger partial charge in [-0.25, -0.2) is 0 Å². The summed E-state index contributed by atoms with van der Waals surface area (Å²) < 4.78 is 0. The topological polar surface area (TPSA) is 37.8 Å². The molecule has 3 nitrogen and oxygen atoms in total. The lowest BCUT2D eigenvalue weighted by Gasteiger charge is -2.22. The molecular weight excluding hydrogens is 278 g/mol. The molecule has 0 spiro atoms. The van der Waals surface area contributed by atoms with E-state index < -0.39 is 0 Å². The maximum Gasteiger partial charge on any atom is 0.157 e. The monoisotopic (exact) mass is 297 g/mol. The van der Waals surface area contributed by atoms with Crippen LogP contribution in [-0.4, -0.2) is 10.2 Å². The van der Waals surface area contributed by atoms with Gasteiger partial charge < -0.3 is 5.32 Å². The number of thiophene rings is 1. The zero-order chi connectivity index (χ0) is 14.8. The number of anilines is 1. The van der Waals surface area contributed by atoms with Crippen LogP contribution in [0.1, 0.15) is 30.5 Å². The van der Waals surface area contributed by atoms with Crippen LogP contribution in [0.4, 0.5) is 5.82 Å². The highest BCUT2D eigenvalue weighted by atomic mass is 32.1. The summed E-state index contributed by atoms with van der Waals surface area (Å²) in [5.41, 5.74) is 0.966. The molecule has 2 heterocycles. The second-order valence-electron chi connectivity index (χ2n) is 5.56. The molecule has 108 valence electrons. The van der Waals surface area contributed by atoms with Crippen molar-refractivity contribution in [3.8, 4) is 0 Å². The summed E-state index contributed by atoms with van der Waals surface area (Å²) in [7, 11) is 0. The van der Waals surface area contributed by atoms with Crippen molar-refractivity contribution in [2.24, 2.45) is 5.92 Å². The molecule has 4 heteroatoms. The predicted octanol–water partition coefficient (Wildman–Crippen LogP) is 4.81. The van der Waals surface area contributed by atoms with Gasteiger partial charge in [0, 0.05) is 15.6 Å². The highest BCUT2D eigenvalue weighted by Gasteiger charge is 2.18. The minimum Gasteiger partial charge on any atom is -0.360 e. The zero-order valence-corrected chi connectivity index (χ0v) is 13.3. The molecule has 2 aromatic heterocycles. The maximum absolute atomic E-state index is 4.38. The van der Waals surface area contributed by atoms with Crippen molar-refractivity contribution in [2.45, 2.75) is 26.8 Å². The van der Waals surface area contributed by atoms with E-state index in [2.05, 4.69) is 59.0 Å². The molecule has 1 aromatic carbocycles. The number of aryl methyl sites for hydroxylation is 1. The van der Waals surface area contributed by atoms with Crippen LogP contribution < -0.4 is 5.32 Å². The van der Waals surface area contributed by atoms with E-state index in [1.807, 2.05) is 19.1 Å². The van der Waals surface area contributed by atoms with Crippen LogP contribution in [0, 0.1) is 12.8 Å². The molecular formula is C17H19N3S. The Morgan fingerprint density at radius 3 is 2.43 bits per heavy atom. The lowest BCUT2D eigenvalue weighted by molar-refractivity contribution is 0.552. The predicted molar refractivity (Wildman–Crippen MR) is 89.8 cm³/mol. The summed E-state index contributed by atoms with van der Waals surface area (Å²) in [5, 5.41) is 16.7. The fourth-order valence-corrected chi connectivity index (χ4v) is 3.48. The van der Waals surface area contributed by atoms with Gasteiger partial charge in [0.15, 0.2) is 5.82 Å². The van der Waals surface area contributed by atoms with Gasteiger partial charge in [-0.2, -0.15) is 5.10 Å². The molecule has 0 saturated heterocycles. The average Bonchev–Trinajstić information content (AvgIpc) is 3.00. The Morgan fingerprint density at radius 1 is 1.00 bits per heavy atom. The number of nitrogens with one attached hydrogen (secondary N) is 1. The van der Waals surface area contributed by atoms with Crippen molar-refractivity contribution in [1.82, 2.24) is 10.2 Å². The van der Waals surface area contributed by atoms with Crippen LogP contribution in [0.3, 0.4) is 0 Å². The molecule has 1 atom stereocenters. The molecule has 1 unspecified atom stereocenters. The molecule has 0 radical (unpaired) electrons. The van der Waals surface area contributed by atoms with Gasteiger partial charge in [0.25, 0.3) is 0 Å². The van der Waals surface area contributed by atoms with Crippen molar-refractivity contribution in [1.29, 1.82) is 0 Å². The first-order valence-electron chi connectivity index (χ1n) is 7.19. The van der Waals surface area contributed by atoms with E-state index in [0.29, 0.717) is 5.92 Å². The quantitative estimate of drug-likeness (QED) is 0.751. The van der Waals surface area contributed by atoms with E-state index >= 15 is 0 Å². The van der Waals surface area contributed by atoms with Crippen LogP contribution in [0.15, 0.2) is 41.8 Å². The van der Waals surface area contributed by atoms with E-state index in [4.69, 9.17) is 0 Å². The molecule has 0 aliphatic rings. The molecule has 0 aliphatic heterocycles. The van der Waals surface area contributed by atoms with Gasteiger partial charge in [0.05, 0.1) is 11.7 Å². The number of aromatic nitrogens is 2. The third kappa shape index (κ3) is 2.76. The first kappa shape index (κ1) is 14.0. The number of rotatable bonds is 4. The van der Waals surface area contributed by atoms with E-state index in [0.717, 1.165) is 22.3 Å². The van der Waals surface area contributed by atoms with Crippen LogP contribution in [0.2, 0.25) is 0 Å². The van der Waals surface area contributed by atoms with Crippen LogP contribution >= 0.6 is 11.3 Å². The Kier molecular flexibility index (Phi) is 3.88. The maximum atomic E-state index is 4.38. The number of hydrogen-bond donors (Lipinski definition) is 1. The van der Waals surface area contributed by atoms with Gasteiger partial charge in [-0.15, -0.1) is 16.4 Å². The summed E-state index contributed by atoms with van der Waals surface area (Å²) in [4.78, 5) is 1.33. The Morgan fingerprint density at radius 2 is 1.76 bits per heavy atom. The first-order valence-corrected chi connectivity index (χ1v) is 8.06. The number of nitrogens with zero attached hydrogens (tertiary/aromatic N) is 2.